The predicted octanol–water partition coefficient (Wildman–Crippen LogP) is 10.7. The molecule has 0 aromatic heterocycles. The minimum absolute atomic E-state index is 0.309. The zero-order valence-electron chi connectivity index (χ0n) is 27.0. The highest BCUT2D eigenvalue weighted by atomic mass is 32.2. The number of benzene rings is 5. The molecule has 0 unspecified atom stereocenters. The van der Waals surface area contributed by atoms with Gasteiger partial charge in [0.05, 0.1) is 21.8 Å². The normalized spacial score (nSPS) is 17.1. The predicted molar refractivity (Wildman–Crippen MR) is 207 cm³/mol. The molecule has 5 aromatic carbocycles. The van der Waals surface area contributed by atoms with Crippen molar-refractivity contribution in [3.63, 3.8) is 0 Å². The van der Waals surface area contributed by atoms with E-state index in [-0.39, 0.29) is 5.97 Å². The zero-order valence-corrected chi connectivity index (χ0v) is 29.5. The molecule has 3 nitrogen and oxygen atoms in total. The minimum atomic E-state index is -0.608. The Hall–Kier alpha value is -4.36. The molecule has 0 spiro atoms. The molecule has 0 fully saturated rings. The van der Waals surface area contributed by atoms with Gasteiger partial charge in [-0.1, -0.05) is 163 Å². The number of rotatable bonds is 7. The van der Waals surface area contributed by atoms with Crippen molar-refractivity contribution in [2.24, 2.45) is 0 Å². The van der Waals surface area contributed by atoms with Crippen molar-refractivity contribution in [3.05, 3.63) is 182 Å². The molecule has 1 N–H and O–H groups in total. The number of thiocarbonyl (C=S) groups is 1. The van der Waals surface area contributed by atoms with Crippen molar-refractivity contribution < 1.29 is 9.53 Å². The second-order valence-corrected chi connectivity index (χ2v) is 15.0. The molecule has 6 heteroatoms. The summed E-state index contributed by atoms with van der Waals surface area (Å²) in [4.78, 5) is 15.7. The number of hydrogen-bond acceptors (Lipinski definition) is 6. The van der Waals surface area contributed by atoms with Gasteiger partial charge < -0.3 is 10.1 Å². The van der Waals surface area contributed by atoms with Gasteiger partial charge in [-0.25, -0.2) is 4.79 Å². The minimum Gasteiger partial charge on any atom is -0.462 e. The van der Waals surface area contributed by atoms with Crippen LogP contribution in [0.25, 0.3) is 10.5 Å². The molecule has 0 bridgehead atoms. The maximum atomic E-state index is 13.4. The van der Waals surface area contributed by atoms with E-state index < -0.39 is 11.0 Å². The molecule has 0 saturated carbocycles. The van der Waals surface area contributed by atoms with Gasteiger partial charge >= 0.3 is 5.97 Å². The fourth-order valence-electron chi connectivity index (χ4n) is 6.70. The second kappa shape index (κ2) is 13.3. The Labute approximate surface area is 296 Å². The third kappa shape index (κ3) is 5.62. The van der Waals surface area contributed by atoms with Crippen LogP contribution in [0.4, 0.5) is 5.69 Å². The van der Waals surface area contributed by atoms with Gasteiger partial charge in [0.25, 0.3) is 0 Å². The van der Waals surface area contributed by atoms with Crippen LogP contribution in [-0.2, 0) is 14.9 Å². The molecule has 48 heavy (non-hydrogen) atoms. The number of thioether (sulfide) groups is 2. The largest absolute Gasteiger partial charge is 0.462 e. The van der Waals surface area contributed by atoms with E-state index >= 15 is 0 Å². The highest BCUT2D eigenvalue weighted by molar-refractivity contribution is 8.32. The maximum absolute atomic E-state index is 13.4. The van der Waals surface area contributed by atoms with Gasteiger partial charge in [-0.05, 0) is 60.7 Å². The maximum Gasteiger partial charge on any atom is 0.346 e. The molecule has 0 amide bonds. The summed E-state index contributed by atoms with van der Waals surface area (Å²) >= 11 is 9.40. The number of carbonyl (C=O) groups is 1. The van der Waals surface area contributed by atoms with Gasteiger partial charge in [0.2, 0.25) is 0 Å². The first kappa shape index (κ1) is 32.2. The van der Waals surface area contributed by atoms with Gasteiger partial charge in [0, 0.05) is 26.6 Å². The van der Waals surface area contributed by atoms with Crippen molar-refractivity contribution in [1.82, 2.24) is 0 Å². The van der Waals surface area contributed by atoms with E-state index in [1.54, 1.807) is 11.8 Å². The number of hydrogen-bond donors (Lipinski definition) is 1. The van der Waals surface area contributed by atoms with Crippen LogP contribution < -0.4 is 5.32 Å². The van der Waals surface area contributed by atoms with Crippen LogP contribution in [-0.4, -0.2) is 23.0 Å². The Morgan fingerprint density at radius 3 is 1.77 bits per heavy atom. The lowest BCUT2D eigenvalue weighted by atomic mass is 9.64. The molecular weight excluding hydrogens is 647 g/mol. The summed E-state index contributed by atoms with van der Waals surface area (Å²) in [5, 5.41) is 3.74. The third-order valence-electron chi connectivity index (χ3n) is 8.88. The van der Waals surface area contributed by atoms with E-state index in [0.29, 0.717) is 11.5 Å². The monoisotopic (exact) mass is 681 g/mol. The number of anilines is 1. The third-order valence-corrected chi connectivity index (χ3v) is 12.2. The molecule has 2 aliphatic rings. The van der Waals surface area contributed by atoms with Crippen LogP contribution in [0.5, 0.6) is 0 Å². The number of carbonyl (C=O) groups excluding carboxylic acids is 1. The summed E-state index contributed by atoms with van der Waals surface area (Å²) < 4.78 is 6.55. The molecule has 2 heterocycles. The van der Waals surface area contributed by atoms with Crippen molar-refractivity contribution >= 4 is 62.7 Å². The number of nitrogens with one attached hydrogen (secondary N) is 1. The number of ether oxygens (including phenoxy) is 1. The summed E-state index contributed by atoms with van der Waals surface area (Å²) in [6.07, 6.45) is 0. The van der Waals surface area contributed by atoms with Gasteiger partial charge in [0.1, 0.15) is 4.91 Å². The van der Waals surface area contributed by atoms with E-state index in [1.165, 1.54) is 28.5 Å². The smallest absolute Gasteiger partial charge is 0.346 e. The van der Waals surface area contributed by atoms with Crippen molar-refractivity contribution in [1.29, 1.82) is 0 Å². The average Bonchev–Trinajstić information content (AvgIpc) is 3.56. The highest BCUT2D eigenvalue weighted by Gasteiger charge is 2.42. The summed E-state index contributed by atoms with van der Waals surface area (Å²) in [5.41, 5.74) is 7.55. The first-order valence-electron chi connectivity index (χ1n) is 16.1. The quantitative estimate of drug-likeness (QED) is 0.0798. The molecule has 0 radical (unpaired) electrons. The molecule has 238 valence electrons. The lowest BCUT2D eigenvalue weighted by Crippen LogP contribution is -2.43. The van der Waals surface area contributed by atoms with Crippen LogP contribution in [0.2, 0.25) is 0 Å². The number of fused-ring (bicyclic) bond motifs is 1. The summed E-state index contributed by atoms with van der Waals surface area (Å²) in [7, 11) is 0. The van der Waals surface area contributed by atoms with E-state index in [4.69, 9.17) is 17.0 Å². The first-order valence-corrected chi connectivity index (χ1v) is 18.1. The Balaban J connectivity index is 1.49. The van der Waals surface area contributed by atoms with E-state index in [1.807, 2.05) is 37.3 Å². The Bertz CT molecular complexity index is 1960. The zero-order chi connectivity index (χ0) is 33.3. The molecular formula is C42H35NO2S3. The average molecular weight is 682 g/mol. The van der Waals surface area contributed by atoms with E-state index in [2.05, 4.69) is 128 Å². The molecule has 0 saturated heterocycles. The molecule has 2 aliphatic heterocycles. The van der Waals surface area contributed by atoms with Crippen LogP contribution in [0.15, 0.2) is 149 Å². The molecule has 0 aliphatic carbocycles. The summed E-state index contributed by atoms with van der Waals surface area (Å²) in [6.45, 7) is 6.39. The lowest BCUT2D eigenvalue weighted by molar-refractivity contribution is -0.137. The standard InChI is InChI=1S/C42H35NO2S3/c1-4-45-39(44)37-36(28-17-9-5-10-18-28)47-40(48-37)35-33-27-32(25-26-34(33)43-41(2,3)38(35)46)42(29-19-11-6-12-20-29,30-21-13-7-14-22-30)31-23-15-8-16-24-31/h5-27,43H,4H2,1-3H3. The van der Waals surface area contributed by atoms with Crippen LogP contribution in [0.1, 0.15) is 54.2 Å². The van der Waals surface area contributed by atoms with Crippen molar-refractivity contribution in [2.45, 2.75) is 31.7 Å². The topological polar surface area (TPSA) is 38.3 Å². The van der Waals surface area contributed by atoms with E-state index in [0.717, 1.165) is 42.0 Å². The Morgan fingerprint density at radius 2 is 1.25 bits per heavy atom. The SMILES string of the molecule is CCOC(=O)C1=C(c2ccccc2)SC(=C2C(=S)C(C)(C)Nc3ccc(C(c4ccccc4)(c4ccccc4)c4ccccc4)cc32)S1. The van der Waals surface area contributed by atoms with Crippen molar-refractivity contribution in [3.8, 4) is 0 Å². The Kier molecular flexibility index (Phi) is 8.90. The highest BCUT2D eigenvalue weighted by Crippen LogP contribution is 2.58. The van der Waals surface area contributed by atoms with E-state index in [9.17, 15) is 4.79 Å². The van der Waals surface area contributed by atoms with Crippen LogP contribution in [0, 0.1) is 0 Å². The van der Waals surface area contributed by atoms with Gasteiger partial charge in [-0.3, -0.25) is 0 Å². The van der Waals surface area contributed by atoms with Gasteiger partial charge in [-0.15, -0.1) is 0 Å². The lowest BCUT2D eigenvalue weighted by Gasteiger charge is -2.40. The first-order chi connectivity index (χ1) is 23.3. The Morgan fingerprint density at radius 1 is 0.729 bits per heavy atom. The summed E-state index contributed by atoms with van der Waals surface area (Å²) in [5.74, 6) is -0.311. The fraction of sp³-hybridized carbons (Fsp3) is 0.143. The van der Waals surface area contributed by atoms with Gasteiger partial charge in [0.15, 0.2) is 0 Å². The van der Waals surface area contributed by atoms with Crippen molar-refractivity contribution in [2.75, 3.05) is 11.9 Å². The molecule has 0 atom stereocenters. The second-order valence-electron chi connectivity index (χ2n) is 12.3. The fourth-order valence-corrected chi connectivity index (χ4v) is 9.79. The van der Waals surface area contributed by atoms with Gasteiger partial charge in [-0.2, -0.15) is 0 Å². The van der Waals surface area contributed by atoms with Crippen LogP contribution in [0.3, 0.4) is 0 Å². The number of esters is 1. The summed E-state index contributed by atoms with van der Waals surface area (Å²) in [6, 6.07) is 49.0. The molecule has 5 aromatic rings. The molecule has 7 rings (SSSR count). The van der Waals surface area contributed by atoms with Crippen LogP contribution >= 0.6 is 35.7 Å².